The molecule has 0 aliphatic heterocycles. The van der Waals surface area contributed by atoms with Crippen LogP contribution in [0.4, 0.5) is 11.7 Å². The van der Waals surface area contributed by atoms with Gasteiger partial charge in [-0.05, 0) is 63.8 Å². The van der Waals surface area contributed by atoms with Crippen LogP contribution in [-0.2, 0) is 6.54 Å². The van der Waals surface area contributed by atoms with Gasteiger partial charge in [0.2, 0.25) is 5.89 Å². The fourth-order valence-corrected chi connectivity index (χ4v) is 1.99. The third-order valence-corrected chi connectivity index (χ3v) is 4.29. The van der Waals surface area contributed by atoms with Crippen LogP contribution in [0.5, 0.6) is 0 Å². The van der Waals surface area contributed by atoms with Gasteiger partial charge in [-0.2, -0.15) is 0 Å². The van der Waals surface area contributed by atoms with Gasteiger partial charge in [0.25, 0.3) is 0 Å². The molecule has 0 saturated heterocycles. The lowest BCUT2D eigenvalue weighted by Gasteiger charge is -2.02. The standard InChI is InChI=1S/C10H10BrIN4O/c1-13-5-9-15-16-10(17-9)14-6-2-3-7(11)8(12)4-6/h2-4,13H,5H2,1H3,(H,14,16). The maximum absolute atomic E-state index is 5.39. The van der Waals surface area contributed by atoms with Crippen molar-refractivity contribution in [1.29, 1.82) is 0 Å². The van der Waals surface area contributed by atoms with Gasteiger partial charge in [-0.25, -0.2) is 0 Å². The molecule has 5 nitrogen and oxygen atoms in total. The molecule has 0 spiro atoms. The van der Waals surface area contributed by atoms with E-state index in [1.165, 1.54) is 0 Å². The number of aromatic nitrogens is 2. The lowest BCUT2D eigenvalue weighted by molar-refractivity contribution is 0.493. The summed E-state index contributed by atoms with van der Waals surface area (Å²) in [6, 6.07) is 6.30. The molecule has 1 heterocycles. The first kappa shape index (κ1) is 12.8. The third kappa shape index (κ3) is 3.39. The fourth-order valence-electron chi connectivity index (χ4n) is 1.22. The van der Waals surface area contributed by atoms with Crippen LogP contribution in [0.25, 0.3) is 0 Å². The lowest BCUT2D eigenvalue weighted by Crippen LogP contribution is -2.04. The van der Waals surface area contributed by atoms with Crippen molar-refractivity contribution in [3.05, 3.63) is 32.1 Å². The highest BCUT2D eigenvalue weighted by molar-refractivity contribution is 14.1. The molecule has 0 radical (unpaired) electrons. The third-order valence-electron chi connectivity index (χ3n) is 1.97. The molecule has 7 heteroatoms. The summed E-state index contributed by atoms with van der Waals surface area (Å²) in [6.45, 7) is 0.562. The SMILES string of the molecule is CNCc1nnc(Nc2ccc(Br)c(I)c2)o1. The van der Waals surface area contributed by atoms with Gasteiger partial charge in [0, 0.05) is 13.7 Å². The van der Waals surface area contributed by atoms with Gasteiger partial charge in [-0.3, -0.25) is 0 Å². The Hall–Kier alpha value is -0.670. The second kappa shape index (κ2) is 5.78. The summed E-state index contributed by atoms with van der Waals surface area (Å²) in [6.07, 6.45) is 0. The second-order valence-corrected chi connectivity index (χ2v) is 5.30. The van der Waals surface area contributed by atoms with Crippen molar-refractivity contribution >= 4 is 50.2 Å². The molecule has 0 aliphatic carbocycles. The normalized spacial score (nSPS) is 10.5. The quantitative estimate of drug-likeness (QED) is 0.761. The second-order valence-electron chi connectivity index (χ2n) is 3.29. The molecule has 2 N–H and O–H groups in total. The smallest absolute Gasteiger partial charge is 0.320 e. The van der Waals surface area contributed by atoms with Crippen LogP contribution >= 0.6 is 38.5 Å². The first-order valence-electron chi connectivity index (χ1n) is 4.88. The number of halogens is 2. The monoisotopic (exact) mass is 408 g/mol. The molecular weight excluding hydrogens is 399 g/mol. The van der Waals surface area contributed by atoms with E-state index in [4.69, 9.17) is 4.42 Å². The zero-order valence-corrected chi connectivity index (χ0v) is 12.7. The van der Waals surface area contributed by atoms with Gasteiger partial charge in [0.15, 0.2) is 0 Å². The topological polar surface area (TPSA) is 63.0 Å². The van der Waals surface area contributed by atoms with Crippen LogP contribution in [0.2, 0.25) is 0 Å². The average Bonchev–Trinajstić information content (AvgIpc) is 2.72. The number of nitrogens with zero attached hydrogens (tertiary/aromatic N) is 2. The number of rotatable bonds is 4. The Morgan fingerprint density at radius 1 is 1.41 bits per heavy atom. The summed E-state index contributed by atoms with van der Waals surface area (Å²) in [5, 5.41) is 13.8. The van der Waals surface area contributed by atoms with Gasteiger partial charge >= 0.3 is 6.01 Å². The van der Waals surface area contributed by atoms with Crippen molar-refractivity contribution in [2.24, 2.45) is 0 Å². The molecule has 90 valence electrons. The maximum Gasteiger partial charge on any atom is 0.320 e. The molecule has 0 aliphatic rings. The Labute approximate surface area is 121 Å². The van der Waals surface area contributed by atoms with E-state index < -0.39 is 0 Å². The predicted octanol–water partition coefficient (Wildman–Crippen LogP) is 2.90. The van der Waals surface area contributed by atoms with Crippen LogP contribution in [0.15, 0.2) is 27.1 Å². The Kier molecular flexibility index (Phi) is 4.35. The summed E-state index contributed by atoms with van der Waals surface area (Å²) in [5.74, 6) is 0.557. The Bertz CT molecular complexity index is 517. The van der Waals surface area contributed by atoms with Gasteiger partial charge in [0.1, 0.15) is 0 Å². The summed E-state index contributed by atoms with van der Waals surface area (Å²) >= 11 is 5.69. The highest BCUT2D eigenvalue weighted by Crippen LogP contribution is 2.24. The number of hydrogen-bond acceptors (Lipinski definition) is 5. The Morgan fingerprint density at radius 2 is 2.24 bits per heavy atom. The summed E-state index contributed by atoms with van der Waals surface area (Å²) < 4.78 is 7.56. The van der Waals surface area contributed by atoms with E-state index in [2.05, 4.69) is 59.4 Å². The molecule has 0 atom stereocenters. The summed E-state index contributed by atoms with van der Waals surface area (Å²) in [7, 11) is 1.83. The number of anilines is 2. The van der Waals surface area contributed by atoms with Gasteiger partial charge in [-0.1, -0.05) is 5.10 Å². The minimum Gasteiger partial charge on any atom is -0.406 e. The van der Waals surface area contributed by atoms with E-state index in [1.54, 1.807) is 0 Å². The molecule has 0 fully saturated rings. The minimum absolute atomic E-state index is 0.397. The molecule has 0 saturated carbocycles. The Balaban J connectivity index is 2.11. The highest BCUT2D eigenvalue weighted by Gasteiger charge is 2.06. The average molecular weight is 409 g/mol. The maximum atomic E-state index is 5.39. The molecule has 0 unspecified atom stereocenters. The molecule has 0 amide bonds. The molecule has 17 heavy (non-hydrogen) atoms. The predicted molar refractivity (Wildman–Crippen MR) is 77.2 cm³/mol. The van der Waals surface area contributed by atoms with Crippen LogP contribution in [0, 0.1) is 3.57 Å². The fraction of sp³-hybridized carbons (Fsp3) is 0.200. The molecule has 0 bridgehead atoms. The van der Waals surface area contributed by atoms with Crippen molar-refractivity contribution in [3.63, 3.8) is 0 Å². The molecule has 1 aromatic heterocycles. The first-order chi connectivity index (χ1) is 8.19. The van der Waals surface area contributed by atoms with Crippen molar-refractivity contribution < 1.29 is 4.42 Å². The first-order valence-corrected chi connectivity index (χ1v) is 6.75. The van der Waals surface area contributed by atoms with E-state index in [-0.39, 0.29) is 0 Å². The number of benzene rings is 1. The summed E-state index contributed by atoms with van der Waals surface area (Å²) in [4.78, 5) is 0. The number of hydrogen-bond donors (Lipinski definition) is 2. The van der Waals surface area contributed by atoms with Crippen molar-refractivity contribution in [2.45, 2.75) is 6.54 Å². The lowest BCUT2D eigenvalue weighted by atomic mass is 10.3. The molecule has 1 aromatic carbocycles. The van der Waals surface area contributed by atoms with Crippen LogP contribution in [0.1, 0.15) is 5.89 Å². The van der Waals surface area contributed by atoms with E-state index in [9.17, 15) is 0 Å². The van der Waals surface area contributed by atoms with Gasteiger partial charge in [0.05, 0.1) is 6.54 Å². The number of nitrogens with one attached hydrogen (secondary N) is 2. The summed E-state index contributed by atoms with van der Waals surface area (Å²) in [5.41, 5.74) is 0.914. The van der Waals surface area contributed by atoms with E-state index in [0.29, 0.717) is 18.5 Å². The largest absolute Gasteiger partial charge is 0.406 e. The van der Waals surface area contributed by atoms with Gasteiger partial charge < -0.3 is 15.1 Å². The molecule has 2 aromatic rings. The zero-order valence-electron chi connectivity index (χ0n) is 9.00. The van der Waals surface area contributed by atoms with Crippen LogP contribution in [0.3, 0.4) is 0 Å². The van der Waals surface area contributed by atoms with Crippen molar-refractivity contribution in [1.82, 2.24) is 15.5 Å². The van der Waals surface area contributed by atoms with E-state index in [1.807, 2.05) is 25.2 Å². The Morgan fingerprint density at radius 3 is 2.94 bits per heavy atom. The van der Waals surface area contributed by atoms with Crippen molar-refractivity contribution in [2.75, 3.05) is 12.4 Å². The van der Waals surface area contributed by atoms with Crippen LogP contribution in [-0.4, -0.2) is 17.2 Å². The zero-order chi connectivity index (χ0) is 12.3. The highest BCUT2D eigenvalue weighted by atomic mass is 127. The minimum atomic E-state index is 0.397. The van der Waals surface area contributed by atoms with E-state index >= 15 is 0 Å². The van der Waals surface area contributed by atoms with Crippen LogP contribution < -0.4 is 10.6 Å². The van der Waals surface area contributed by atoms with Crippen molar-refractivity contribution in [3.8, 4) is 0 Å². The van der Waals surface area contributed by atoms with Gasteiger partial charge in [-0.15, -0.1) is 5.10 Å². The van der Waals surface area contributed by atoms with E-state index in [0.717, 1.165) is 13.7 Å². The molecule has 2 rings (SSSR count). The molecular formula is C10H10BrIN4O.